The maximum Gasteiger partial charge on any atom is 0.237 e. The molecule has 1 fully saturated rings. The fourth-order valence-electron chi connectivity index (χ4n) is 2.11. The molecule has 19 heavy (non-hydrogen) atoms. The summed E-state index contributed by atoms with van der Waals surface area (Å²) in [6.45, 7) is 3.46. The zero-order chi connectivity index (χ0) is 14.0. The topological polar surface area (TPSA) is 58.4 Å². The van der Waals surface area contributed by atoms with Gasteiger partial charge in [-0.1, -0.05) is 12.2 Å². The third-order valence-corrected chi connectivity index (χ3v) is 3.56. The molecule has 1 amide bonds. The van der Waals surface area contributed by atoms with Crippen LogP contribution in [0.25, 0.3) is 0 Å². The van der Waals surface area contributed by atoms with Gasteiger partial charge in [0.2, 0.25) is 5.91 Å². The normalized spacial score (nSPS) is 20.1. The Balaban J connectivity index is 2.20. The monoisotopic (exact) mass is 281 g/mol. The van der Waals surface area contributed by atoms with Crippen LogP contribution in [0, 0.1) is 5.82 Å². The summed E-state index contributed by atoms with van der Waals surface area (Å²) in [5.74, 6) is -0.338. The molecule has 0 radical (unpaired) electrons. The highest BCUT2D eigenvalue weighted by molar-refractivity contribution is 7.80. The zero-order valence-corrected chi connectivity index (χ0v) is 11.5. The van der Waals surface area contributed by atoms with Crippen LogP contribution in [0.4, 0.5) is 4.39 Å². The minimum atomic E-state index is -0.307. The first-order valence-corrected chi connectivity index (χ1v) is 6.50. The van der Waals surface area contributed by atoms with Gasteiger partial charge >= 0.3 is 0 Å². The molecule has 6 heteroatoms. The van der Waals surface area contributed by atoms with Gasteiger partial charge in [0.15, 0.2) is 0 Å². The number of nitrogens with one attached hydrogen (secondary N) is 1. The molecule has 0 spiro atoms. The van der Waals surface area contributed by atoms with Crippen molar-refractivity contribution in [1.29, 1.82) is 0 Å². The lowest BCUT2D eigenvalue weighted by atomic mass is 10.1. The van der Waals surface area contributed by atoms with E-state index in [-0.39, 0.29) is 22.8 Å². The second kappa shape index (κ2) is 5.63. The highest BCUT2D eigenvalue weighted by atomic mass is 32.1. The Hall–Kier alpha value is -1.53. The molecule has 1 aliphatic rings. The number of hydrogen-bond donors (Lipinski definition) is 2. The number of hydrogen-bond acceptors (Lipinski definition) is 3. The molecule has 1 unspecified atom stereocenters. The van der Waals surface area contributed by atoms with E-state index in [0.29, 0.717) is 30.8 Å². The molecule has 1 saturated heterocycles. The summed E-state index contributed by atoms with van der Waals surface area (Å²) in [6, 6.07) is 4.31. The van der Waals surface area contributed by atoms with E-state index < -0.39 is 0 Å². The summed E-state index contributed by atoms with van der Waals surface area (Å²) in [5, 5.41) is 2.78. The van der Waals surface area contributed by atoms with Crippen molar-refractivity contribution in [2.45, 2.75) is 19.5 Å². The highest BCUT2D eigenvalue weighted by Gasteiger charge is 2.25. The van der Waals surface area contributed by atoms with E-state index in [2.05, 4.69) is 5.32 Å². The summed E-state index contributed by atoms with van der Waals surface area (Å²) in [5.41, 5.74) is 6.69. The maximum atomic E-state index is 13.8. The first-order valence-electron chi connectivity index (χ1n) is 6.09. The molecular formula is C13H16FN3OS. The van der Waals surface area contributed by atoms with Gasteiger partial charge < -0.3 is 11.1 Å². The van der Waals surface area contributed by atoms with Gasteiger partial charge in [0, 0.05) is 30.8 Å². The first-order chi connectivity index (χ1) is 8.99. The van der Waals surface area contributed by atoms with Gasteiger partial charge in [0.05, 0.1) is 6.04 Å². The van der Waals surface area contributed by atoms with Crippen molar-refractivity contribution in [2.24, 2.45) is 5.73 Å². The summed E-state index contributed by atoms with van der Waals surface area (Å²) in [4.78, 5) is 13.7. The van der Waals surface area contributed by atoms with Gasteiger partial charge in [-0.05, 0) is 25.1 Å². The van der Waals surface area contributed by atoms with Crippen LogP contribution in [0.3, 0.4) is 0 Å². The Labute approximate surface area is 116 Å². The molecule has 1 aliphatic heterocycles. The Morgan fingerprint density at radius 3 is 3.05 bits per heavy atom. The third kappa shape index (κ3) is 3.08. The van der Waals surface area contributed by atoms with E-state index in [9.17, 15) is 9.18 Å². The van der Waals surface area contributed by atoms with Crippen molar-refractivity contribution < 1.29 is 9.18 Å². The Bertz CT molecular complexity index is 521. The molecule has 0 aliphatic carbocycles. The Morgan fingerprint density at radius 2 is 2.37 bits per heavy atom. The number of carbonyl (C=O) groups is 1. The maximum absolute atomic E-state index is 13.8. The van der Waals surface area contributed by atoms with Gasteiger partial charge in [-0.25, -0.2) is 4.39 Å². The van der Waals surface area contributed by atoms with Crippen LogP contribution >= 0.6 is 12.2 Å². The lowest BCUT2D eigenvalue weighted by Gasteiger charge is -2.32. The van der Waals surface area contributed by atoms with Crippen molar-refractivity contribution in [3.8, 4) is 0 Å². The molecule has 1 heterocycles. The van der Waals surface area contributed by atoms with E-state index in [4.69, 9.17) is 18.0 Å². The Morgan fingerprint density at radius 1 is 1.63 bits per heavy atom. The molecule has 1 atom stereocenters. The summed E-state index contributed by atoms with van der Waals surface area (Å²) >= 11 is 4.89. The molecule has 1 aromatic rings. The van der Waals surface area contributed by atoms with Crippen LogP contribution in [0.1, 0.15) is 18.1 Å². The minimum Gasteiger partial charge on any atom is -0.389 e. The SMILES string of the molecule is CC1C(=O)NCCN1Cc1cc(C(N)=S)ccc1F. The average Bonchev–Trinajstić information content (AvgIpc) is 2.37. The van der Waals surface area contributed by atoms with Crippen molar-refractivity contribution in [1.82, 2.24) is 10.2 Å². The predicted molar refractivity (Wildman–Crippen MR) is 75.2 cm³/mol. The Kier molecular flexibility index (Phi) is 4.11. The number of halogens is 1. The van der Waals surface area contributed by atoms with Crippen LogP contribution in [0.5, 0.6) is 0 Å². The molecule has 4 nitrogen and oxygen atoms in total. The molecule has 0 saturated carbocycles. The molecule has 1 aromatic carbocycles. The average molecular weight is 281 g/mol. The lowest BCUT2D eigenvalue weighted by Crippen LogP contribution is -2.53. The number of rotatable bonds is 3. The number of nitrogens with zero attached hydrogens (tertiary/aromatic N) is 1. The smallest absolute Gasteiger partial charge is 0.237 e. The standard InChI is InChI=1S/C13H16FN3OS/c1-8-13(18)16-4-5-17(8)7-10-6-9(12(15)19)2-3-11(10)14/h2-3,6,8H,4-5,7H2,1H3,(H2,15,19)(H,16,18). The first kappa shape index (κ1) is 13.9. The largest absolute Gasteiger partial charge is 0.389 e. The second-order valence-corrected chi connectivity index (χ2v) is 5.05. The van der Waals surface area contributed by atoms with E-state index in [1.807, 2.05) is 11.8 Å². The van der Waals surface area contributed by atoms with Crippen LogP contribution in [0.2, 0.25) is 0 Å². The van der Waals surface area contributed by atoms with E-state index in [1.54, 1.807) is 12.1 Å². The molecule has 102 valence electrons. The van der Waals surface area contributed by atoms with Crippen molar-refractivity contribution in [3.63, 3.8) is 0 Å². The second-order valence-electron chi connectivity index (χ2n) is 4.61. The van der Waals surface area contributed by atoms with Gasteiger partial charge in [-0.3, -0.25) is 9.69 Å². The number of nitrogens with two attached hydrogens (primary N) is 1. The summed E-state index contributed by atoms with van der Waals surface area (Å²) < 4.78 is 13.8. The minimum absolute atomic E-state index is 0.0304. The number of piperazine rings is 1. The highest BCUT2D eigenvalue weighted by Crippen LogP contribution is 2.16. The fraction of sp³-hybridized carbons (Fsp3) is 0.385. The fourth-order valence-corrected chi connectivity index (χ4v) is 2.24. The van der Waals surface area contributed by atoms with Crippen LogP contribution < -0.4 is 11.1 Å². The number of carbonyl (C=O) groups excluding carboxylic acids is 1. The summed E-state index contributed by atoms with van der Waals surface area (Å²) in [6.07, 6.45) is 0. The van der Waals surface area contributed by atoms with Crippen LogP contribution in [-0.4, -0.2) is 34.9 Å². The van der Waals surface area contributed by atoms with Gasteiger partial charge in [-0.15, -0.1) is 0 Å². The molecule has 0 bridgehead atoms. The molecular weight excluding hydrogens is 265 g/mol. The van der Waals surface area contributed by atoms with Gasteiger partial charge in [-0.2, -0.15) is 0 Å². The van der Waals surface area contributed by atoms with E-state index in [1.165, 1.54) is 6.07 Å². The predicted octanol–water partition coefficient (Wildman–Crippen LogP) is 0.780. The molecule has 2 rings (SSSR count). The van der Waals surface area contributed by atoms with Crippen LogP contribution in [-0.2, 0) is 11.3 Å². The van der Waals surface area contributed by atoms with Crippen LogP contribution in [0.15, 0.2) is 18.2 Å². The zero-order valence-electron chi connectivity index (χ0n) is 10.6. The lowest BCUT2D eigenvalue weighted by molar-refractivity contribution is -0.128. The van der Waals surface area contributed by atoms with Crippen molar-refractivity contribution in [2.75, 3.05) is 13.1 Å². The van der Waals surface area contributed by atoms with Gasteiger partial charge in [0.1, 0.15) is 10.8 Å². The molecule has 3 N–H and O–H groups in total. The van der Waals surface area contributed by atoms with Gasteiger partial charge in [0.25, 0.3) is 0 Å². The van der Waals surface area contributed by atoms with Crippen molar-refractivity contribution >= 4 is 23.1 Å². The number of amides is 1. The number of benzene rings is 1. The quantitative estimate of drug-likeness (QED) is 0.804. The molecule has 0 aromatic heterocycles. The van der Waals surface area contributed by atoms with E-state index >= 15 is 0 Å². The summed E-state index contributed by atoms with van der Waals surface area (Å²) in [7, 11) is 0. The third-order valence-electron chi connectivity index (χ3n) is 3.33. The van der Waals surface area contributed by atoms with E-state index in [0.717, 1.165) is 0 Å². The number of thiocarbonyl (C=S) groups is 1. The van der Waals surface area contributed by atoms with Crippen molar-refractivity contribution in [3.05, 3.63) is 35.1 Å².